The fourth-order valence-corrected chi connectivity index (χ4v) is 2.06. The standard InChI is InChI=1S/C13H12BrNO3/c1-2-18-13(17)10-7-15-11-5-8(6-14)3-4-9(11)12(10)16/h3-5,7H,2,6H2,1H3,(H,15,16). The van der Waals surface area contributed by atoms with Gasteiger partial charge in [0, 0.05) is 22.4 Å². The molecule has 94 valence electrons. The van der Waals surface area contributed by atoms with Crippen LogP contribution in [0.4, 0.5) is 0 Å². The van der Waals surface area contributed by atoms with Gasteiger partial charge in [-0.15, -0.1) is 0 Å². The van der Waals surface area contributed by atoms with E-state index in [9.17, 15) is 9.59 Å². The molecule has 2 aromatic rings. The van der Waals surface area contributed by atoms with Gasteiger partial charge in [-0.25, -0.2) is 4.79 Å². The molecule has 0 fully saturated rings. The van der Waals surface area contributed by atoms with Crippen LogP contribution >= 0.6 is 15.9 Å². The number of aromatic nitrogens is 1. The zero-order valence-electron chi connectivity index (χ0n) is 9.83. The summed E-state index contributed by atoms with van der Waals surface area (Å²) >= 11 is 3.35. The first-order chi connectivity index (χ1) is 8.67. The molecule has 0 radical (unpaired) electrons. The van der Waals surface area contributed by atoms with Crippen LogP contribution < -0.4 is 5.43 Å². The number of carbonyl (C=O) groups is 1. The van der Waals surface area contributed by atoms with Gasteiger partial charge in [0.05, 0.1) is 6.61 Å². The number of hydrogen-bond donors (Lipinski definition) is 1. The van der Waals surface area contributed by atoms with E-state index in [0.29, 0.717) is 16.2 Å². The van der Waals surface area contributed by atoms with Gasteiger partial charge in [0.1, 0.15) is 5.56 Å². The number of carbonyl (C=O) groups excluding carboxylic acids is 1. The number of ether oxygens (including phenoxy) is 1. The third kappa shape index (κ3) is 2.31. The molecule has 2 rings (SSSR count). The minimum atomic E-state index is -0.592. The lowest BCUT2D eigenvalue weighted by Gasteiger charge is -2.04. The largest absolute Gasteiger partial charge is 0.462 e. The highest BCUT2D eigenvalue weighted by Crippen LogP contribution is 2.13. The van der Waals surface area contributed by atoms with Crippen molar-refractivity contribution in [2.45, 2.75) is 12.3 Å². The SMILES string of the molecule is CCOC(=O)c1c[nH]c2cc(CBr)ccc2c1=O. The summed E-state index contributed by atoms with van der Waals surface area (Å²) in [5.41, 5.74) is 1.51. The molecule has 0 aliphatic rings. The number of benzene rings is 1. The van der Waals surface area contributed by atoms with Crippen LogP contribution in [-0.4, -0.2) is 17.6 Å². The van der Waals surface area contributed by atoms with E-state index in [-0.39, 0.29) is 17.6 Å². The average Bonchev–Trinajstić information content (AvgIpc) is 2.38. The van der Waals surface area contributed by atoms with Crippen molar-refractivity contribution >= 4 is 32.8 Å². The van der Waals surface area contributed by atoms with Gasteiger partial charge >= 0.3 is 5.97 Å². The van der Waals surface area contributed by atoms with Gasteiger partial charge in [-0.05, 0) is 24.6 Å². The third-order valence-electron chi connectivity index (χ3n) is 2.59. The Morgan fingerprint density at radius 1 is 1.44 bits per heavy atom. The maximum Gasteiger partial charge on any atom is 0.343 e. The summed E-state index contributed by atoms with van der Waals surface area (Å²) in [5, 5.41) is 1.20. The van der Waals surface area contributed by atoms with Gasteiger partial charge in [-0.1, -0.05) is 22.0 Å². The average molecular weight is 310 g/mol. The van der Waals surface area contributed by atoms with Gasteiger partial charge in [-0.2, -0.15) is 0 Å². The number of H-pyrrole nitrogens is 1. The van der Waals surface area contributed by atoms with Crippen LogP contribution in [0.1, 0.15) is 22.8 Å². The molecule has 0 spiro atoms. The smallest absolute Gasteiger partial charge is 0.343 e. The molecule has 0 aliphatic heterocycles. The zero-order valence-corrected chi connectivity index (χ0v) is 11.4. The molecule has 1 heterocycles. The van der Waals surface area contributed by atoms with E-state index in [4.69, 9.17) is 4.74 Å². The number of halogens is 1. The van der Waals surface area contributed by atoms with Crippen molar-refractivity contribution in [1.29, 1.82) is 0 Å². The quantitative estimate of drug-likeness (QED) is 0.700. The molecule has 0 aliphatic carbocycles. The van der Waals surface area contributed by atoms with Gasteiger partial charge in [0.2, 0.25) is 5.43 Å². The number of pyridine rings is 1. The summed E-state index contributed by atoms with van der Waals surface area (Å²) in [6, 6.07) is 5.44. The Bertz CT molecular complexity index is 648. The maximum absolute atomic E-state index is 12.1. The van der Waals surface area contributed by atoms with Crippen LogP contribution in [0.2, 0.25) is 0 Å². The van der Waals surface area contributed by atoms with Crippen LogP contribution in [-0.2, 0) is 10.1 Å². The molecule has 4 nitrogen and oxygen atoms in total. The van der Waals surface area contributed by atoms with E-state index in [1.165, 1.54) is 6.20 Å². The second-order valence-corrected chi connectivity index (χ2v) is 4.33. The lowest BCUT2D eigenvalue weighted by Crippen LogP contribution is -2.18. The van der Waals surface area contributed by atoms with Crippen molar-refractivity contribution in [3.05, 3.63) is 45.7 Å². The second kappa shape index (κ2) is 5.35. The van der Waals surface area contributed by atoms with E-state index in [1.54, 1.807) is 13.0 Å². The minimum absolute atomic E-state index is 0.0379. The number of rotatable bonds is 3. The summed E-state index contributed by atoms with van der Waals surface area (Å²) in [6.45, 7) is 1.95. The second-order valence-electron chi connectivity index (χ2n) is 3.77. The Hall–Kier alpha value is -1.62. The highest BCUT2D eigenvalue weighted by Gasteiger charge is 2.13. The molecule has 1 aromatic heterocycles. The fourth-order valence-electron chi connectivity index (χ4n) is 1.71. The first-order valence-electron chi connectivity index (χ1n) is 5.54. The Morgan fingerprint density at radius 3 is 2.89 bits per heavy atom. The number of esters is 1. The summed E-state index contributed by atoms with van der Waals surface area (Å²) in [5.74, 6) is -0.592. The van der Waals surface area contributed by atoms with Gasteiger partial charge in [-0.3, -0.25) is 4.79 Å². The van der Waals surface area contributed by atoms with Gasteiger partial charge in [0.25, 0.3) is 0 Å². The molecule has 1 N–H and O–H groups in total. The summed E-state index contributed by atoms with van der Waals surface area (Å²) in [4.78, 5) is 26.6. The van der Waals surface area contributed by atoms with Crippen molar-refractivity contribution in [1.82, 2.24) is 4.98 Å². The van der Waals surface area contributed by atoms with Gasteiger partial charge in [0.15, 0.2) is 0 Å². The fraction of sp³-hybridized carbons (Fsp3) is 0.231. The Balaban J connectivity index is 2.58. The Morgan fingerprint density at radius 2 is 2.22 bits per heavy atom. The van der Waals surface area contributed by atoms with Crippen molar-refractivity contribution in [3.8, 4) is 0 Å². The molecule has 1 aromatic carbocycles. The van der Waals surface area contributed by atoms with Crippen molar-refractivity contribution in [2.75, 3.05) is 6.61 Å². The lowest BCUT2D eigenvalue weighted by atomic mass is 10.1. The number of nitrogens with one attached hydrogen (secondary N) is 1. The van der Waals surface area contributed by atoms with Crippen molar-refractivity contribution < 1.29 is 9.53 Å². The molecule has 0 saturated heterocycles. The zero-order chi connectivity index (χ0) is 13.1. The molecular formula is C13H12BrNO3. The molecule has 0 atom stereocenters. The van der Waals surface area contributed by atoms with E-state index < -0.39 is 5.97 Å². The third-order valence-corrected chi connectivity index (χ3v) is 3.24. The van der Waals surface area contributed by atoms with Crippen LogP contribution in [0.3, 0.4) is 0 Å². The van der Waals surface area contributed by atoms with E-state index in [0.717, 1.165) is 5.56 Å². The van der Waals surface area contributed by atoms with Crippen LogP contribution in [0.25, 0.3) is 10.9 Å². The van der Waals surface area contributed by atoms with E-state index >= 15 is 0 Å². The number of fused-ring (bicyclic) bond motifs is 1. The monoisotopic (exact) mass is 309 g/mol. The number of aromatic amines is 1. The predicted molar refractivity (Wildman–Crippen MR) is 73.2 cm³/mol. The van der Waals surface area contributed by atoms with Crippen LogP contribution in [0.15, 0.2) is 29.2 Å². The molecule has 0 amide bonds. The van der Waals surface area contributed by atoms with Crippen molar-refractivity contribution in [2.24, 2.45) is 0 Å². The van der Waals surface area contributed by atoms with Gasteiger partial charge < -0.3 is 9.72 Å². The Kier molecular flexibility index (Phi) is 3.81. The highest BCUT2D eigenvalue weighted by molar-refractivity contribution is 9.08. The molecule has 0 unspecified atom stereocenters. The predicted octanol–water partition coefficient (Wildman–Crippen LogP) is 2.60. The summed E-state index contributed by atoms with van der Waals surface area (Å²) in [6.07, 6.45) is 1.40. The van der Waals surface area contributed by atoms with Crippen LogP contribution in [0, 0.1) is 0 Å². The lowest BCUT2D eigenvalue weighted by molar-refractivity contribution is 0.0524. The molecule has 5 heteroatoms. The summed E-state index contributed by atoms with van der Waals surface area (Å²) < 4.78 is 4.84. The van der Waals surface area contributed by atoms with Crippen LogP contribution in [0.5, 0.6) is 0 Å². The van der Waals surface area contributed by atoms with Crippen molar-refractivity contribution in [3.63, 3.8) is 0 Å². The minimum Gasteiger partial charge on any atom is -0.462 e. The van der Waals surface area contributed by atoms with E-state index in [2.05, 4.69) is 20.9 Å². The molecule has 18 heavy (non-hydrogen) atoms. The maximum atomic E-state index is 12.1. The Labute approximate surface area is 112 Å². The number of hydrogen-bond acceptors (Lipinski definition) is 3. The summed E-state index contributed by atoms with van der Waals surface area (Å²) in [7, 11) is 0. The molecule has 0 bridgehead atoms. The number of alkyl halides is 1. The molecular weight excluding hydrogens is 298 g/mol. The topological polar surface area (TPSA) is 59.2 Å². The van der Waals surface area contributed by atoms with E-state index in [1.807, 2.05) is 12.1 Å². The first-order valence-corrected chi connectivity index (χ1v) is 6.67. The first kappa shape index (κ1) is 12.8. The highest BCUT2D eigenvalue weighted by atomic mass is 79.9. The molecule has 0 saturated carbocycles. The normalized spacial score (nSPS) is 10.6.